The smallest absolute Gasteiger partial charge is 0.231 e. The average molecular weight is 249 g/mol. The Balaban J connectivity index is 2.27. The first kappa shape index (κ1) is 12.7. The Morgan fingerprint density at radius 3 is 2.56 bits per heavy atom. The first-order valence-electron chi connectivity index (χ1n) is 5.97. The SMILES string of the molecule is CCC(c1nc(-c2ccc(F)cc2)no1)C(C)N. The maximum Gasteiger partial charge on any atom is 0.231 e. The quantitative estimate of drug-likeness (QED) is 0.904. The Labute approximate surface area is 105 Å². The molecule has 5 heteroatoms. The average Bonchev–Trinajstić information content (AvgIpc) is 2.80. The van der Waals surface area contributed by atoms with Gasteiger partial charge in [0.2, 0.25) is 11.7 Å². The van der Waals surface area contributed by atoms with E-state index in [0.717, 1.165) is 12.0 Å². The molecule has 0 amide bonds. The third kappa shape index (κ3) is 2.56. The number of aromatic nitrogens is 2. The molecule has 0 spiro atoms. The van der Waals surface area contributed by atoms with Gasteiger partial charge in [-0.05, 0) is 37.6 Å². The molecule has 2 rings (SSSR count). The summed E-state index contributed by atoms with van der Waals surface area (Å²) in [5.41, 5.74) is 6.60. The number of hydrogen-bond donors (Lipinski definition) is 1. The molecule has 0 saturated carbocycles. The Bertz CT molecular complexity index is 507. The second kappa shape index (κ2) is 5.27. The van der Waals surface area contributed by atoms with Crippen LogP contribution >= 0.6 is 0 Å². The zero-order valence-electron chi connectivity index (χ0n) is 10.4. The highest BCUT2D eigenvalue weighted by molar-refractivity contribution is 5.53. The molecular formula is C13H16FN3O. The minimum atomic E-state index is -0.288. The number of nitrogens with two attached hydrogens (primary N) is 1. The van der Waals surface area contributed by atoms with Crippen LogP contribution in [0.5, 0.6) is 0 Å². The highest BCUT2D eigenvalue weighted by atomic mass is 19.1. The first-order valence-corrected chi connectivity index (χ1v) is 5.97. The van der Waals surface area contributed by atoms with Crippen LogP contribution in [0.2, 0.25) is 0 Å². The van der Waals surface area contributed by atoms with E-state index in [1.807, 2.05) is 13.8 Å². The van der Waals surface area contributed by atoms with E-state index >= 15 is 0 Å². The van der Waals surface area contributed by atoms with E-state index in [2.05, 4.69) is 10.1 Å². The number of hydrogen-bond acceptors (Lipinski definition) is 4. The van der Waals surface area contributed by atoms with Gasteiger partial charge in [0.05, 0.1) is 5.92 Å². The maximum absolute atomic E-state index is 12.8. The van der Waals surface area contributed by atoms with Crippen LogP contribution in [-0.4, -0.2) is 16.2 Å². The third-order valence-electron chi connectivity index (χ3n) is 2.94. The van der Waals surface area contributed by atoms with Crippen LogP contribution in [0, 0.1) is 5.82 Å². The van der Waals surface area contributed by atoms with Gasteiger partial charge in [-0.2, -0.15) is 4.98 Å². The van der Waals surface area contributed by atoms with Gasteiger partial charge in [-0.15, -0.1) is 0 Å². The van der Waals surface area contributed by atoms with Crippen molar-refractivity contribution in [2.75, 3.05) is 0 Å². The Morgan fingerprint density at radius 1 is 1.33 bits per heavy atom. The lowest BCUT2D eigenvalue weighted by Gasteiger charge is -2.13. The van der Waals surface area contributed by atoms with E-state index in [9.17, 15) is 4.39 Å². The predicted octanol–water partition coefficient (Wildman–Crippen LogP) is 2.72. The van der Waals surface area contributed by atoms with Crippen molar-refractivity contribution in [1.82, 2.24) is 10.1 Å². The summed E-state index contributed by atoms with van der Waals surface area (Å²) < 4.78 is 18.0. The van der Waals surface area contributed by atoms with Gasteiger partial charge in [0.1, 0.15) is 5.82 Å². The van der Waals surface area contributed by atoms with Gasteiger partial charge in [0.15, 0.2) is 0 Å². The lowest BCUT2D eigenvalue weighted by molar-refractivity contribution is 0.334. The molecule has 1 aromatic heterocycles. The van der Waals surface area contributed by atoms with Crippen molar-refractivity contribution in [3.8, 4) is 11.4 Å². The molecule has 0 bridgehead atoms. The van der Waals surface area contributed by atoms with E-state index in [1.165, 1.54) is 12.1 Å². The Kier molecular flexibility index (Phi) is 3.72. The number of rotatable bonds is 4. The molecule has 2 unspecified atom stereocenters. The van der Waals surface area contributed by atoms with Crippen LogP contribution in [0.4, 0.5) is 4.39 Å². The van der Waals surface area contributed by atoms with Gasteiger partial charge in [-0.1, -0.05) is 12.1 Å². The molecule has 0 saturated heterocycles. The summed E-state index contributed by atoms with van der Waals surface area (Å²) in [5.74, 6) is 0.757. The summed E-state index contributed by atoms with van der Waals surface area (Å²) in [4.78, 5) is 4.32. The predicted molar refractivity (Wildman–Crippen MR) is 66.4 cm³/mol. The standard InChI is InChI=1S/C13H16FN3O/c1-3-11(8(2)15)13-16-12(17-18-13)9-4-6-10(14)7-5-9/h4-8,11H,3,15H2,1-2H3. The van der Waals surface area contributed by atoms with Crippen LogP contribution < -0.4 is 5.73 Å². The second-order valence-corrected chi connectivity index (χ2v) is 4.34. The van der Waals surface area contributed by atoms with Crippen LogP contribution in [-0.2, 0) is 0 Å². The lowest BCUT2D eigenvalue weighted by Crippen LogP contribution is -2.24. The van der Waals surface area contributed by atoms with E-state index in [0.29, 0.717) is 11.7 Å². The molecule has 2 N–H and O–H groups in total. The molecule has 0 aliphatic rings. The molecular weight excluding hydrogens is 233 g/mol. The molecule has 0 aliphatic heterocycles. The van der Waals surface area contributed by atoms with Crippen LogP contribution in [0.3, 0.4) is 0 Å². The molecule has 2 aromatic rings. The molecule has 18 heavy (non-hydrogen) atoms. The zero-order chi connectivity index (χ0) is 13.1. The van der Waals surface area contributed by atoms with E-state index in [1.54, 1.807) is 12.1 Å². The maximum atomic E-state index is 12.8. The molecule has 1 aromatic carbocycles. The largest absolute Gasteiger partial charge is 0.339 e. The van der Waals surface area contributed by atoms with E-state index < -0.39 is 0 Å². The highest BCUT2D eigenvalue weighted by Crippen LogP contribution is 2.23. The van der Waals surface area contributed by atoms with Crippen LogP contribution in [0.1, 0.15) is 32.1 Å². The highest BCUT2D eigenvalue weighted by Gasteiger charge is 2.21. The lowest BCUT2D eigenvalue weighted by atomic mass is 9.99. The van der Waals surface area contributed by atoms with Crippen molar-refractivity contribution in [3.05, 3.63) is 36.0 Å². The Hall–Kier alpha value is -1.75. The van der Waals surface area contributed by atoms with Gasteiger partial charge in [0, 0.05) is 11.6 Å². The fourth-order valence-electron chi connectivity index (χ4n) is 1.87. The van der Waals surface area contributed by atoms with Gasteiger partial charge < -0.3 is 10.3 Å². The second-order valence-electron chi connectivity index (χ2n) is 4.34. The van der Waals surface area contributed by atoms with Crippen molar-refractivity contribution in [1.29, 1.82) is 0 Å². The fraction of sp³-hybridized carbons (Fsp3) is 0.385. The number of halogens is 1. The van der Waals surface area contributed by atoms with Gasteiger partial charge in [-0.3, -0.25) is 0 Å². The first-order chi connectivity index (χ1) is 8.61. The van der Waals surface area contributed by atoms with Gasteiger partial charge in [-0.25, -0.2) is 4.39 Å². The molecule has 1 heterocycles. The molecule has 2 atom stereocenters. The normalized spacial score (nSPS) is 14.4. The minimum absolute atomic E-state index is 0.0449. The van der Waals surface area contributed by atoms with Crippen molar-refractivity contribution >= 4 is 0 Å². The van der Waals surface area contributed by atoms with Gasteiger partial charge in [0.25, 0.3) is 0 Å². The minimum Gasteiger partial charge on any atom is -0.339 e. The summed E-state index contributed by atoms with van der Waals surface area (Å²) in [6, 6.07) is 5.94. The van der Waals surface area contributed by atoms with Crippen molar-refractivity contribution in [2.45, 2.75) is 32.2 Å². The third-order valence-corrected chi connectivity index (χ3v) is 2.94. The topological polar surface area (TPSA) is 64.9 Å². The summed E-state index contributed by atoms with van der Waals surface area (Å²) in [6.45, 7) is 3.94. The van der Waals surface area contributed by atoms with E-state index in [4.69, 9.17) is 10.3 Å². The molecule has 4 nitrogen and oxygen atoms in total. The van der Waals surface area contributed by atoms with E-state index in [-0.39, 0.29) is 17.8 Å². The number of nitrogens with zero attached hydrogens (tertiary/aromatic N) is 2. The molecule has 0 fully saturated rings. The van der Waals surface area contributed by atoms with Crippen LogP contribution in [0.25, 0.3) is 11.4 Å². The summed E-state index contributed by atoms with van der Waals surface area (Å²) >= 11 is 0. The summed E-state index contributed by atoms with van der Waals surface area (Å²) in [5, 5.41) is 3.90. The van der Waals surface area contributed by atoms with Crippen molar-refractivity contribution < 1.29 is 8.91 Å². The molecule has 0 radical (unpaired) electrons. The molecule has 96 valence electrons. The van der Waals surface area contributed by atoms with Gasteiger partial charge >= 0.3 is 0 Å². The van der Waals surface area contributed by atoms with Crippen molar-refractivity contribution in [3.63, 3.8) is 0 Å². The van der Waals surface area contributed by atoms with Crippen LogP contribution in [0.15, 0.2) is 28.8 Å². The summed E-state index contributed by atoms with van der Waals surface area (Å²) in [7, 11) is 0. The molecule has 0 aliphatic carbocycles. The zero-order valence-corrected chi connectivity index (χ0v) is 10.4. The van der Waals surface area contributed by atoms with Crippen molar-refractivity contribution in [2.24, 2.45) is 5.73 Å². The Morgan fingerprint density at radius 2 is 2.00 bits per heavy atom. The summed E-state index contributed by atoms with van der Waals surface area (Å²) in [6.07, 6.45) is 0.836. The fourth-order valence-corrected chi connectivity index (χ4v) is 1.87. The number of benzene rings is 1. The monoisotopic (exact) mass is 249 g/mol.